The molecule has 2 N–H and O–H groups in total. The molecule has 0 atom stereocenters. The van der Waals surface area contributed by atoms with Crippen LogP contribution in [0.25, 0.3) is 0 Å². The van der Waals surface area contributed by atoms with E-state index in [1.54, 1.807) is 31.2 Å². The van der Waals surface area contributed by atoms with Crippen molar-refractivity contribution in [2.24, 2.45) is 0 Å². The van der Waals surface area contributed by atoms with Crippen LogP contribution < -0.4 is 10.1 Å². The van der Waals surface area contributed by atoms with Crippen molar-refractivity contribution in [2.45, 2.75) is 13.5 Å². The molecule has 0 aliphatic carbocycles. The first-order valence-corrected chi connectivity index (χ1v) is 6.26. The van der Waals surface area contributed by atoms with Crippen LogP contribution in [0, 0.1) is 6.92 Å². The summed E-state index contributed by atoms with van der Waals surface area (Å²) in [6, 6.07) is 8.14. The minimum atomic E-state index is -1.05. The van der Waals surface area contributed by atoms with Crippen LogP contribution in [0.2, 0.25) is 0 Å². The highest BCUT2D eigenvalue weighted by Crippen LogP contribution is 2.15. The monoisotopic (exact) mass is 289 g/mol. The van der Waals surface area contributed by atoms with Crippen LogP contribution in [0.15, 0.2) is 34.7 Å². The lowest BCUT2D eigenvalue weighted by molar-refractivity contribution is 0.0694. The van der Waals surface area contributed by atoms with E-state index in [1.165, 1.54) is 13.2 Å². The molecule has 0 radical (unpaired) electrons. The lowest BCUT2D eigenvalue weighted by Gasteiger charge is -2.05. The lowest BCUT2D eigenvalue weighted by atomic mass is 10.2. The molecule has 6 heteroatoms. The lowest BCUT2D eigenvalue weighted by Crippen LogP contribution is -2.22. The maximum atomic E-state index is 12.0. The SMILES string of the molecule is COc1cccc(C(=O)NCc2cc(C(=O)O)c(C)o2)c1. The van der Waals surface area contributed by atoms with E-state index < -0.39 is 5.97 Å². The number of ether oxygens (including phenoxy) is 1. The van der Waals surface area contributed by atoms with Gasteiger partial charge < -0.3 is 19.6 Å². The van der Waals surface area contributed by atoms with Crippen molar-refractivity contribution >= 4 is 11.9 Å². The molecule has 2 aromatic rings. The number of aromatic carboxylic acids is 1. The smallest absolute Gasteiger partial charge is 0.339 e. The Hall–Kier alpha value is -2.76. The highest BCUT2D eigenvalue weighted by Gasteiger charge is 2.14. The van der Waals surface area contributed by atoms with Crippen LogP contribution in [0.4, 0.5) is 0 Å². The number of carbonyl (C=O) groups is 2. The predicted molar refractivity (Wildman–Crippen MR) is 74.6 cm³/mol. The number of rotatable bonds is 5. The van der Waals surface area contributed by atoms with E-state index in [4.69, 9.17) is 14.3 Å². The zero-order valence-corrected chi connectivity index (χ0v) is 11.7. The molecule has 0 saturated heterocycles. The van der Waals surface area contributed by atoms with Crippen LogP contribution in [-0.2, 0) is 6.54 Å². The van der Waals surface area contributed by atoms with Gasteiger partial charge in [0, 0.05) is 5.56 Å². The minimum Gasteiger partial charge on any atom is -0.497 e. The van der Waals surface area contributed by atoms with Crippen molar-refractivity contribution in [3.05, 3.63) is 53.0 Å². The molecule has 0 bridgehead atoms. The van der Waals surface area contributed by atoms with Crippen molar-refractivity contribution in [3.63, 3.8) is 0 Å². The number of carboxylic acids is 1. The largest absolute Gasteiger partial charge is 0.497 e. The molecule has 21 heavy (non-hydrogen) atoms. The van der Waals surface area contributed by atoms with Gasteiger partial charge in [0.15, 0.2) is 0 Å². The highest BCUT2D eigenvalue weighted by atomic mass is 16.5. The van der Waals surface area contributed by atoms with Gasteiger partial charge in [0.1, 0.15) is 22.8 Å². The zero-order valence-electron chi connectivity index (χ0n) is 11.7. The number of benzene rings is 1. The predicted octanol–water partition coefficient (Wildman–Crippen LogP) is 2.22. The Labute approximate surface area is 121 Å². The van der Waals surface area contributed by atoms with Crippen molar-refractivity contribution in [3.8, 4) is 5.75 Å². The second-order valence-electron chi connectivity index (χ2n) is 4.40. The Morgan fingerprint density at radius 2 is 2.10 bits per heavy atom. The van der Waals surface area contributed by atoms with E-state index in [1.807, 2.05) is 0 Å². The first-order valence-electron chi connectivity index (χ1n) is 6.26. The third-order valence-electron chi connectivity index (χ3n) is 2.95. The summed E-state index contributed by atoms with van der Waals surface area (Å²) in [5.41, 5.74) is 0.553. The van der Waals surface area contributed by atoms with Gasteiger partial charge in [-0.1, -0.05) is 6.07 Å². The standard InChI is InChI=1S/C15H15NO5/c1-9-13(15(18)19)7-12(21-9)8-16-14(17)10-4-3-5-11(6-10)20-2/h3-7H,8H2,1-2H3,(H,16,17)(H,18,19). The maximum absolute atomic E-state index is 12.0. The van der Waals surface area contributed by atoms with E-state index in [2.05, 4.69) is 5.32 Å². The molecule has 0 aliphatic rings. The van der Waals surface area contributed by atoms with Gasteiger partial charge in [-0.3, -0.25) is 4.79 Å². The normalized spacial score (nSPS) is 10.2. The number of carboxylic acid groups (broad SMARTS) is 1. The molecule has 1 amide bonds. The Morgan fingerprint density at radius 3 is 2.71 bits per heavy atom. The molecule has 110 valence electrons. The molecule has 1 aromatic heterocycles. The molecule has 1 aromatic carbocycles. The molecule has 0 aliphatic heterocycles. The fourth-order valence-corrected chi connectivity index (χ4v) is 1.88. The van der Waals surface area contributed by atoms with Crippen molar-refractivity contribution in [1.82, 2.24) is 5.32 Å². The van der Waals surface area contributed by atoms with Crippen LogP contribution >= 0.6 is 0 Å². The minimum absolute atomic E-state index is 0.0978. The molecule has 0 fully saturated rings. The summed E-state index contributed by atoms with van der Waals surface area (Å²) < 4.78 is 10.3. The summed E-state index contributed by atoms with van der Waals surface area (Å²) in [6.45, 7) is 1.68. The third kappa shape index (κ3) is 3.42. The maximum Gasteiger partial charge on any atom is 0.339 e. The molecule has 0 unspecified atom stereocenters. The molecule has 2 rings (SSSR count). The third-order valence-corrected chi connectivity index (χ3v) is 2.95. The van der Waals surface area contributed by atoms with Crippen molar-refractivity contribution in [1.29, 1.82) is 0 Å². The fraction of sp³-hybridized carbons (Fsp3) is 0.200. The quantitative estimate of drug-likeness (QED) is 0.881. The fourth-order valence-electron chi connectivity index (χ4n) is 1.88. The molecule has 6 nitrogen and oxygen atoms in total. The number of hydrogen-bond acceptors (Lipinski definition) is 4. The summed E-state index contributed by atoms with van der Waals surface area (Å²) >= 11 is 0. The van der Waals surface area contributed by atoms with E-state index in [9.17, 15) is 9.59 Å². The van der Waals surface area contributed by atoms with Gasteiger partial charge in [-0.2, -0.15) is 0 Å². The van der Waals surface area contributed by atoms with Gasteiger partial charge in [-0.25, -0.2) is 4.79 Å². The first kappa shape index (κ1) is 14.6. The van der Waals surface area contributed by atoms with E-state index in [0.717, 1.165) is 0 Å². The Bertz CT molecular complexity index is 674. The molecule has 1 heterocycles. The number of aryl methyl sites for hydroxylation is 1. The summed E-state index contributed by atoms with van der Waals surface area (Å²) in [7, 11) is 1.52. The first-order chi connectivity index (χ1) is 10.0. The summed E-state index contributed by atoms with van der Waals surface area (Å²) in [5.74, 6) is -0.0552. The topological polar surface area (TPSA) is 88.8 Å². The molecule has 0 saturated carbocycles. The Morgan fingerprint density at radius 1 is 1.33 bits per heavy atom. The number of nitrogens with one attached hydrogen (secondary N) is 1. The van der Waals surface area contributed by atoms with Gasteiger partial charge in [-0.15, -0.1) is 0 Å². The van der Waals surface area contributed by atoms with Crippen LogP contribution in [-0.4, -0.2) is 24.1 Å². The van der Waals surface area contributed by atoms with E-state index >= 15 is 0 Å². The van der Waals surface area contributed by atoms with Crippen molar-refractivity contribution < 1.29 is 23.8 Å². The second-order valence-corrected chi connectivity index (χ2v) is 4.40. The van der Waals surface area contributed by atoms with Gasteiger partial charge in [0.25, 0.3) is 5.91 Å². The number of hydrogen-bond donors (Lipinski definition) is 2. The Balaban J connectivity index is 2.03. The molecule has 0 spiro atoms. The van der Waals surface area contributed by atoms with Gasteiger partial charge in [-0.05, 0) is 31.2 Å². The summed E-state index contributed by atoms with van der Waals surface area (Å²) in [4.78, 5) is 22.9. The van der Waals surface area contributed by atoms with Crippen LogP contribution in [0.3, 0.4) is 0 Å². The zero-order chi connectivity index (χ0) is 15.4. The highest BCUT2D eigenvalue weighted by molar-refractivity contribution is 5.94. The Kier molecular flexibility index (Phi) is 4.27. The van der Waals surface area contributed by atoms with Crippen LogP contribution in [0.1, 0.15) is 32.2 Å². The van der Waals surface area contributed by atoms with Crippen molar-refractivity contribution in [2.75, 3.05) is 7.11 Å². The van der Waals surface area contributed by atoms with Gasteiger partial charge in [0.05, 0.1) is 13.7 Å². The number of furan rings is 1. The van der Waals surface area contributed by atoms with Crippen LogP contribution in [0.5, 0.6) is 5.75 Å². The van der Waals surface area contributed by atoms with Gasteiger partial charge in [0.2, 0.25) is 0 Å². The summed E-state index contributed by atoms with van der Waals surface area (Å²) in [6.07, 6.45) is 0. The van der Waals surface area contributed by atoms with Gasteiger partial charge >= 0.3 is 5.97 Å². The molecular weight excluding hydrogens is 274 g/mol. The van der Waals surface area contributed by atoms with E-state index in [-0.39, 0.29) is 18.0 Å². The average molecular weight is 289 g/mol. The number of carbonyl (C=O) groups excluding carboxylic acids is 1. The van der Waals surface area contributed by atoms with E-state index in [0.29, 0.717) is 22.8 Å². The molecular formula is C15H15NO5. The average Bonchev–Trinajstić information content (AvgIpc) is 2.86. The second kappa shape index (κ2) is 6.13. The number of methoxy groups -OCH3 is 1. The number of amides is 1. The summed E-state index contributed by atoms with van der Waals surface area (Å²) in [5, 5.41) is 11.6.